The number of halogens is 1. The lowest BCUT2D eigenvalue weighted by atomic mass is 10.1. The molecule has 0 saturated carbocycles. The van der Waals surface area contributed by atoms with Crippen molar-refractivity contribution in [2.45, 2.75) is 12.6 Å². The van der Waals surface area contributed by atoms with Gasteiger partial charge in [0.05, 0.1) is 3.79 Å². The highest BCUT2D eigenvalue weighted by Crippen LogP contribution is 2.22. The van der Waals surface area contributed by atoms with E-state index in [1.165, 1.54) is 0 Å². The first-order valence-electron chi connectivity index (χ1n) is 5.86. The zero-order valence-electron chi connectivity index (χ0n) is 10.5. The standard InChI is InChI=1S/C14H15BrN2OS/c1-17(8-10-7-12(15)19-9-10)14(18)13(16)11-5-3-2-4-6-11/h2-7,9,13H,8,16H2,1H3/t13-/m0/s1. The molecule has 0 aliphatic heterocycles. The SMILES string of the molecule is CN(Cc1csc(Br)c1)C(=O)[C@@H](N)c1ccccc1. The van der Waals surface area contributed by atoms with Crippen LogP contribution in [-0.4, -0.2) is 17.9 Å². The Balaban J connectivity index is 2.03. The number of benzene rings is 1. The minimum Gasteiger partial charge on any atom is -0.340 e. The number of nitrogens with zero attached hydrogens (tertiary/aromatic N) is 1. The van der Waals surface area contributed by atoms with E-state index in [0.29, 0.717) is 6.54 Å². The number of likely N-dealkylation sites (N-methyl/N-ethyl adjacent to an activating group) is 1. The second kappa shape index (κ2) is 6.32. The predicted molar refractivity (Wildman–Crippen MR) is 81.9 cm³/mol. The highest BCUT2D eigenvalue weighted by molar-refractivity contribution is 9.11. The highest BCUT2D eigenvalue weighted by Gasteiger charge is 2.19. The minimum absolute atomic E-state index is 0.0754. The Morgan fingerprint density at radius 1 is 1.42 bits per heavy atom. The molecule has 0 spiro atoms. The van der Waals surface area contributed by atoms with Crippen LogP contribution >= 0.6 is 27.3 Å². The van der Waals surface area contributed by atoms with Gasteiger partial charge in [0.25, 0.3) is 0 Å². The summed E-state index contributed by atoms with van der Waals surface area (Å²) in [6.45, 7) is 0.571. The number of hydrogen-bond donors (Lipinski definition) is 1. The molecule has 100 valence electrons. The van der Waals surface area contributed by atoms with Crippen LogP contribution in [0.2, 0.25) is 0 Å². The van der Waals surface area contributed by atoms with E-state index < -0.39 is 6.04 Å². The number of carbonyl (C=O) groups excluding carboxylic acids is 1. The van der Waals surface area contributed by atoms with Gasteiger partial charge in [0, 0.05) is 13.6 Å². The third-order valence-corrected chi connectivity index (χ3v) is 4.40. The Hall–Kier alpha value is -1.17. The summed E-state index contributed by atoms with van der Waals surface area (Å²) >= 11 is 5.03. The van der Waals surface area contributed by atoms with Crippen LogP contribution in [0.25, 0.3) is 0 Å². The number of carbonyl (C=O) groups is 1. The van der Waals surface area contributed by atoms with Gasteiger partial charge in [-0.05, 0) is 38.5 Å². The third-order valence-electron chi connectivity index (χ3n) is 2.84. The van der Waals surface area contributed by atoms with Crippen molar-refractivity contribution in [2.75, 3.05) is 7.05 Å². The van der Waals surface area contributed by atoms with Crippen LogP contribution < -0.4 is 5.73 Å². The molecule has 2 aromatic rings. The first-order valence-corrected chi connectivity index (χ1v) is 7.53. The van der Waals surface area contributed by atoms with Crippen molar-refractivity contribution in [1.29, 1.82) is 0 Å². The van der Waals surface area contributed by atoms with Gasteiger partial charge >= 0.3 is 0 Å². The fourth-order valence-electron chi connectivity index (χ4n) is 1.82. The van der Waals surface area contributed by atoms with Crippen molar-refractivity contribution in [2.24, 2.45) is 5.73 Å². The molecular weight excluding hydrogens is 324 g/mol. The summed E-state index contributed by atoms with van der Waals surface area (Å²) in [5, 5.41) is 2.03. The summed E-state index contributed by atoms with van der Waals surface area (Å²) < 4.78 is 1.07. The lowest BCUT2D eigenvalue weighted by molar-refractivity contribution is -0.131. The van der Waals surface area contributed by atoms with Gasteiger partial charge in [-0.3, -0.25) is 4.79 Å². The van der Waals surface area contributed by atoms with Gasteiger partial charge in [-0.25, -0.2) is 0 Å². The molecule has 2 rings (SSSR count). The van der Waals surface area contributed by atoms with Crippen molar-refractivity contribution in [3.63, 3.8) is 0 Å². The zero-order valence-corrected chi connectivity index (χ0v) is 12.9. The second-order valence-corrected chi connectivity index (χ2v) is 6.63. The van der Waals surface area contributed by atoms with Crippen LogP contribution in [0.15, 0.2) is 45.6 Å². The molecule has 1 atom stereocenters. The number of thiophene rings is 1. The van der Waals surface area contributed by atoms with Crippen LogP contribution in [0.3, 0.4) is 0 Å². The summed E-state index contributed by atoms with van der Waals surface area (Å²) in [4.78, 5) is 13.9. The van der Waals surface area contributed by atoms with Gasteiger partial charge in [-0.15, -0.1) is 11.3 Å². The van der Waals surface area contributed by atoms with Gasteiger partial charge < -0.3 is 10.6 Å². The lowest BCUT2D eigenvalue weighted by Gasteiger charge is -2.21. The molecule has 2 N–H and O–H groups in total. The van der Waals surface area contributed by atoms with E-state index in [4.69, 9.17) is 5.73 Å². The molecule has 5 heteroatoms. The molecule has 1 aromatic heterocycles. The van der Waals surface area contributed by atoms with E-state index in [1.54, 1.807) is 23.3 Å². The Kier molecular flexibility index (Phi) is 4.74. The molecule has 19 heavy (non-hydrogen) atoms. The number of hydrogen-bond acceptors (Lipinski definition) is 3. The molecule has 0 aliphatic rings. The number of amides is 1. The summed E-state index contributed by atoms with van der Waals surface area (Å²) in [6, 6.07) is 10.8. The summed E-state index contributed by atoms with van der Waals surface area (Å²) in [5.74, 6) is -0.0754. The maximum absolute atomic E-state index is 12.2. The van der Waals surface area contributed by atoms with E-state index in [1.807, 2.05) is 41.8 Å². The molecule has 0 radical (unpaired) electrons. The Morgan fingerprint density at radius 2 is 2.11 bits per heavy atom. The smallest absolute Gasteiger partial charge is 0.244 e. The monoisotopic (exact) mass is 338 g/mol. The topological polar surface area (TPSA) is 46.3 Å². The zero-order chi connectivity index (χ0) is 13.8. The van der Waals surface area contributed by atoms with E-state index in [2.05, 4.69) is 15.9 Å². The number of nitrogens with two attached hydrogens (primary N) is 1. The molecule has 0 aliphatic carbocycles. The molecule has 1 amide bonds. The van der Waals surface area contributed by atoms with Gasteiger partial charge in [0.15, 0.2) is 0 Å². The first kappa shape index (κ1) is 14.2. The Labute approximate surface area is 125 Å². The normalized spacial score (nSPS) is 12.2. The van der Waals surface area contributed by atoms with Crippen LogP contribution in [0.1, 0.15) is 17.2 Å². The van der Waals surface area contributed by atoms with Gasteiger partial charge in [0.2, 0.25) is 5.91 Å². The van der Waals surface area contributed by atoms with Crippen molar-refractivity contribution in [3.05, 3.63) is 56.7 Å². The van der Waals surface area contributed by atoms with E-state index in [0.717, 1.165) is 14.9 Å². The van der Waals surface area contributed by atoms with E-state index in [9.17, 15) is 4.79 Å². The quantitative estimate of drug-likeness (QED) is 0.930. The van der Waals surface area contributed by atoms with E-state index in [-0.39, 0.29) is 5.91 Å². The van der Waals surface area contributed by atoms with Crippen LogP contribution in [0.4, 0.5) is 0 Å². The van der Waals surface area contributed by atoms with Gasteiger partial charge in [-0.1, -0.05) is 30.3 Å². The van der Waals surface area contributed by atoms with Crippen molar-refractivity contribution in [1.82, 2.24) is 4.90 Å². The van der Waals surface area contributed by atoms with Crippen molar-refractivity contribution >= 4 is 33.2 Å². The fourth-order valence-corrected chi connectivity index (χ4v) is 3.02. The molecule has 0 saturated heterocycles. The summed E-state index contributed by atoms with van der Waals surface area (Å²) in [5.41, 5.74) is 7.94. The lowest BCUT2D eigenvalue weighted by Crippen LogP contribution is -2.35. The maximum atomic E-state index is 12.2. The fraction of sp³-hybridized carbons (Fsp3) is 0.214. The molecule has 0 unspecified atom stereocenters. The van der Waals surface area contributed by atoms with Crippen molar-refractivity contribution in [3.8, 4) is 0 Å². The van der Waals surface area contributed by atoms with Crippen LogP contribution in [-0.2, 0) is 11.3 Å². The van der Waals surface area contributed by atoms with Crippen LogP contribution in [0.5, 0.6) is 0 Å². The largest absolute Gasteiger partial charge is 0.340 e. The average molecular weight is 339 g/mol. The van der Waals surface area contributed by atoms with Crippen LogP contribution in [0, 0.1) is 0 Å². The average Bonchev–Trinajstić information content (AvgIpc) is 2.83. The molecule has 3 nitrogen and oxygen atoms in total. The Bertz CT molecular complexity index is 556. The third kappa shape index (κ3) is 3.65. The Morgan fingerprint density at radius 3 is 2.68 bits per heavy atom. The van der Waals surface area contributed by atoms with E-state index >= 15 is 0 Å². The number of rotatable bonds is 4. The van der Waals surface area contributed by atoms with Crippen molar-refractivity contribution < 1.29 is 4.79 Å². The molecule has 1 heterocycles. The van der Waals surface area contributed by atoms with Gasteiger partial charge in [0.1, 0.15) is 6.04 Å². The maximum Gasteiger partial charge on any atom is 0.244 e. The minimum atomic E-state index is -0.603. The molecule has 0 bridgehead atoms. The molecule has 1 aromatic carbocycles. The molecular formula is C14H15BrN2OS. The molecule has 0 fully saturated rings. The first-order chi connectivity index (χ1) is 9.08. The second-order valence-electron chi connectivity index (χ2n) is 4.34. The highest BCUT2D eigenvalue weighted by atomic mass is 79.9. The predicted octanol–water partition coefficient (Wildman–Crippen LogP) is 3.17. The van der Waals surface area contributed by atoms with Gasteiger partial charge in [-0.2, -0.15) is 0 Å². The summed E-state index contributed by atoms with van der Waals surface area (Å²) in [7, 11) is 1.77. The summed E-state index contributed by atoms with van der Waals surface area (Å²) in [6.07, 6.45) is 0.